The Morgan fingerprint density at radius 1 is 1.09 bits per heavy atom. The van der Waals surface area contributed by atoms with E-state index in [9.17, 15) is 0 Å². The normalized spacial score (nSPS) is 15.7. The van der Waals surface area contributed by atoms with Gasteiger partial charge < -0.3 is 5.73 Å². The monoisotopic (exact) mass is 357 g/mol. The van der Waals surface area contributed by atoms with Crippen LogP contribution >= 0.6 is 15.9 Å². The molecular formula is C16H16BrN5. The van der Waals surface area contributed by atoms with Gasteiger partial charge in [0.2, 0.25) is 0 Å². The summed E-state index contributed by atoms with van der Waals surface area (Å²) in [6.07, 6.45) is 6.33. The Bertz CT molecular complexity index is 818. The predicted molar refractivity (Wildman–Crippen MR) is 90.4 cm³/mol. The van der Waals surface area contributed by atoms with Crippen LogP contribution in [0.5, 0.6) is 0 Å². The molecule has 112 valence electrons. The minimum Gasteiger partial charge on any atom is -0.383 e. The van der Waals surface area contributed by atoms with Crippen LogP contribution in [-0.2, 0) is 0 Å². The van der Waals surface area contributed by atoms with Crippen molar-refractivity contribution in [2.75, 3.05) is 5.73 Å². The third kappa shape index (κ3) is 2.18. The molecule has 0 atom stereocenters. The minimum atomic E-state index is 0.418. The second-order valence-electron chi connectivity index (χ2n) is 5.70. The van der Waals surface area contributed by atoms with Crippen molar-refractivity contribution >= 4 is 32.8 Å². The number of nitrogens with zero attached hydrogens (tertiary/aromatic N) is 4. The van der Waals surface area contributed by atoms with E-state index in [4.69, 9.17) is 10.8 Å². The molecule has 1 aromatic carbocycles. The van der Waals surface area contributed by atoms with E-state index < -0.39 is 0 Å². The van der Waals surface area contributed by atoms with Crippen LogP contribution in [-0.4, -0.2) is 19.7 Å². The zero-order chi connectivity index (χ0) is 15.1. The first-order valence-electron chi connectivity index (χ1n) is 7.48. The van der Waals surface area contributed by atoms with Crippen LogP contribution in [0.4, 0.5) is 5.82 Å². The number of rotatable bonds is 2. The van der Waals surface area contributed by atoms with Gasteiger partial charge in [-0.05, 0) is 25.0 Å². The molecule has 0 radical (unpaired) electrons. The number of aromatic nitrogens is 4. The molecular weight excluding hydrogens is 342 g/mol. The van der Waals surface area contributed by atoms with E-state index in [2.05, 4.69) is 30.6 Å². The Hall–Kier alpha value is -1.95. The average molecular weight is 358 g/mol. The van der Waals surface area contributed by atoms with Gasteiger partial charge in [0.15, 0.2) is 5.65 Å². The molecule has 0 saturated heterocycles. The topological polar surface area (TPSA) is 69.6 Å². The molecule has 6 heteroatoms. The number of hydrogen-bond acceptors (Lipinski definition) is 4. The van der Waals surface area contributed by atoms with E-state index in [-0.39, 0.29) is 0 Å². The number of fused-ring (bicyclic) bond motifs is 1. The van der Waals surface area contributed by atoms with E-state index in [0.29, 0.717) is 11.9 Å². The fraction of sp³-hybridized carbons (Fsp3) is 0.312. The summed E-state index contributed by atoms with van der Waals surface area (Å²) in [6.45, 7) is 0. The Labute approximate surface area is 136 Å². The van der Waals surface area contributed by atoms with E-state index >= 15 is 0 Å². The molecule has 3 aromatic rings. The van der Waals surface area contributed by atoms with E-state index in [1.54, 1.807) is 0 Å². The summed E-state index contributed by atoms with van der Waals surface area (Å²) in [7, 11) is 0. The van der Waals surface area contributed by atoms with Crippen LogP contribution in [0.2, 0.25) is 0 Å². The summed E-state index contributed by atoms with van der Waals surface area (Å²) in [5, 5.41) is 5.71. The van der Waals surface area contributed by atoms with Crippen LogP contribution in [0.3, 0.4) is 0 Å². The molecule has 0 aliphatic heterocycles. The summed E-state index contributed by atoms with van der Waals surface area (Å²) < 4.78 is 3.09. The van der Waals surface area contributed by atoms with E-state index in [1.807, 2.05) is 24.3 Å². The largest absolute Gasteiger partial charge is 0.383 e. The molecule has 1 fully saturated rings. The van der Waals surface area contributed by atoms with Gasteiger partial charge in [-0.2, -0.15) is 5.10 Å². The van der Waals surface area contributed by atoms with Gasteiger partial charge in [-0.3, -0.25) is 0 Å². The highest BCUT2D eigenvalue weighted by molar-refractivity contribution is 9.10. The van der Waals surface area contributed by atoms with Crippen molar-refractivity contribution in [1.82, 2.24) is 19.7 Å². The van der Waals surface area contributed by atoms with Gasteiger partial charge in [0.05, 0.1) is 11.4 Å². The highest BCUT2D eigenvalue weighted by Crippen LogP contribution is 2.36. The minimum absolute atomic E-state index is 0.418. The second kappa shape index (κ2) is 5.35. The van der Waals surface area contributed by atoms with Gasteiger partial charge in [-0.25, -0.2) is 14.6 Å². The van der Waals surface area contributed by atoms with Crippen molar-refractivity contribution in [3.63, 3.8) is 0 Å². The number of hydrogen-bond donors (Lipinski definition) is 1. The molecule has 0 spiro atoms. The fourth-order valence-electron chi connectivity index (χ4n) is 3.21. The summed E-state index contributed by atoms with van der Waals surface area (Å²) in [6, 6.07) is 8.51. The highest BCUT2D eigenvalue weighted by Gasteiger charge is 2.24. The maximum atomic E-state index is 6.12. The van der Waals surface area contributed by atoms with Crippen molar-refractivity contribution in [1.29, 1.82) is 0 Å². The van der Waals surface area contributed by atoms with Crippen LogP contribution < -0.4 is 5.73 Å². The van der Waals surface area contributed by atoms with E-state index in [0.717, 1.165) is 39.6 Å². The standard InChI is InChI=1S/C16H16BrN5/c17-11-7-5-10(6-8-11)14-13-15(18)19-9-20-16(13)22(21-14)12-3-1-2-4-12/h5-9,12H,1-4H2,(H2,18,19,20). The number of nitrogens with two attached hydrogens (primary N) is 1. The number of nitrogen functional groups attached to an aromatic ring is 1. The predicted octanol–water partition coefficient (Wildman–Crippen LogP) is 3.95. The summed E-state index contributed by atoms with van der Waals surface area (Å²) in [4.78, 5) is 8.61. The van der Waals surface area contributed by atoms with Gasteiger partial charge in [0, 0.05) is 10.0 Å². The van der Waals surface area contributed by atoms with Crippen LogP contribution in [0.25, 0.3) is 22.3 Å². The first kappa shape index (κ1) is 13.7. The van der Waals surface area contributed by atoms with Gasteiger partial charge in [0.25, 0.3) is 0 Å². The quantitative estimate of drug-likeness (QED) is 0.753. The fourth-order valence-corrected chi connectivity index (χ4v) is 3.47. The lowest BCUT2D eigenvalue weighted by Gasteiger charge is -2.10. The maximum Gasteiger partial charge on any atom is 0.164 e. The van der Waals surface area contributed by atoms with Crippen molar-refractivity contribution in [2.24, 2.45) is 0 Å². The molecule has 2 N–H and O–H groups in total. The molecule has 4 rings (SSSR count). The van der Waals surface area contributed by atoms with Crippen molar-refractivity contribution in [2.45, 2.75) is 31.7 Å². The van der Waals surface area contributed by atoms with Crippen LogP contribution in [0.1, 0.15) is 31.7 Å². The molecule has 0 amide bonds. The van der Waals surface area contributed by atoms with Crippen LogP contribution in [0, 0.1) is 0 Å². The zero-order valence-corrected chi connectivity index (χ0v) is 13.6. The Kier molecular flexibility index (Phi) is 3.33. The second-order valence-corrected chi connectivity index (χ2v) is 6.61. The number of halogens is 1. The molecule has 2 aromatic heterocycles. The highest BCUT2D eigenvalue weighted by atomic mass is 79.9. The lowest BCUT2D eigenvalue weighted by molar-refractivity contribution is 0.479. The first-order chi connectivity index (χ1) is 10.7. The van der Waals surface area contributed by atoms with Crippen molar-refractivity contribution in [3.8, 4) is 11.3 Å². The van der Waals surface area contributed by atoms with Gasteiger partial charge >= 0.3 is 0 Å². The molecule has 2 heterocycles. The molecule has 1 saturated carbocycles. The SMILES string of the molecule is Nc1ncnc2c1c(-c1ccc(Br)cc1)nn2C1CCCC1. The van der Waals surface area contributed by atoms with Gasteiger partial charge in [-0.1, -0.05) is 40.9 Å². The van der Waals surface area contributed by atoms with Crippen LogP contribution in [0.15, 0.2) is 35.1 Å². The Morgan fingerprint density at radius 2 is 1.82 bits per heavy atom. The lowest BCUT2D eigenvalue weighted by Crippen LogP contribution is -2.07. The smallest absolute Gasteiger partial charge is 0.164 e. The van der Waals surface area contributed by atoms with E-state index in [1.165, 1.54) is 19.2 Å². The number of benzene rings is 1. The summed E-state index contributed by atoms with van der Waals surface area (Å²) >= 11 is 3.47. The van der Waals surface area contributed by atoms with Crippen molar-refractivity contribution in [3.05, 3.63) is 35.1 Å². The molecule has 0 bridgehead atoms. The number of anilines is 1. The maximum absolute atomic E-state index is 6.12. The third-order valence-electron chi connectivity index (χ3n) is 4.31. The zero-order valence-electron chi connectivity index (χ0n) is 12.0. The molecule has 5 nitrogen and oxygen atoms in total. The van der Waals surface area contributed by atoms with Crippen molar-refractivity contribution < 1.29 is 0 Å². The average Bonchev–Trinajstić information content (AvgIpc) is 3.15. The summed E-state index contributed by atoms with van der Waals surface area (Å²) in [5.74, 6) is 0.493. The Balaban J connectivity index is 1.95. The molecule has 1 aliphatic rings. The third-order valence-corrected chi connectivity index (χ3v) is 4.84. The molecule has 1 aliphatic carbocycles. The van der Waals surface area contributed by atoms with Gasteiger partial charge in [-0.15, -0.1) is 0 Å². The first-order valence-corrected chi connectivity index (χ1v) is 8.28. The Morgan fingerprint density at radius 3 is 2.55 bits per heavy atom. The lowest BCUT2D eigenvalue weighted by atomic mass is 10.1. The molecule has 0 unspecified atom stereocenters. The molecule has 22 heavy (non-hydrogen) atoms. The van der Waals surface area contributed by atoms with Gasteiger partial charge in [0.1, 0.15) is 17.8 Å². The summed E-state index contributed by atoms with van der Waals surface area (Å²) in [5.41, 5.74) is 8.87.